The molecule has 6 nitrogen and oxygen atoms in total. The minimum Gasteiger partial charge on any atom is -0.368 e. The Balaban J connectivity index is 1.45. The molecule has 0 saturated carbocycles. The summed E-state index contributed by atoms with van der Waals surface area (Å²) in [5.74, 6) is 1.41. The van der Waals surface area contributed by atoms with Crippen molar-refractivity contribution in [2.45, 2.75) is 20.8 Å². The maximum atomic E-state index is 4.71. The Hall–Kier alpha value is -3.15. The summed E-state index contributed by atoms with van der Waals surface area (Å²) in [5.41, 5.74) is 6.03. The molecule has 1 N–H and O–H groups in total. The standard InChI is InChI=1S/C22H26N6/c1-16-6-4-9-19(14-16)27-10-12-28(13-11-27)22-25-20(15-23-26-22)24-21-17(2)7-5-8-18(21)3/h4-9,14-15H,10-13H2,1-3H3,(H,24,25,26). The summed E-state index contributed by atoms with van der Waals surface area (Å²) in [6, 6.07) is 14.9. The van der Waals surface area contributed by atoms with Crippen molar-refractivity contribution in [1.82, 2.24) is 15.2 Å². The van der Waals surface area contributed by atoms with Crippen LogP contribution < -0.4 is 15.1 Å². The molecule has 0 bridgehead atoms. The Labute approximate surface area is 166 Å². The van der Waals surface area contributed by atoms with Crippen molar-refractivity contribution >= 4 is 23.1 Å². The van der Waals surface area contributed by atoms with Crippen molar-refractivity contribution < 1.29 is 0 Å². The van der Waals surface area contributed by atoms with Crippen molar-refractivity contribution in [2.24, 2.45) is 0 Å². The number of para-hydroxylation sites is 1. The van der Waals surface area contributed by atoms with Gasteiger partial charge in [0, 0.05) is 37.6 Å². The highest BCUT2D eigenvalue weighted by Crippen LogP contribution is 2.24. The van der Waals surface area contributed by atoms with E-state index in [9.17, 15) is 0 Å². The molecule has 4 rings (SSSR count). The maximum Gasteiger partial charge on any atom is 0.247 e. The number of aromatic nitrogens is 3. The Morgan fingerprint density at radius 3 is 2.25 bits per heavy atom. The highest BCUT2D eigenvalue weighted by atomic mass is 15.4. The third kappa shape index (κ3) is 3.91. The average Bonchev–Trinajstić information content (AvgIpc) is 2.71. The zero-order chi connectivity index (χ0) is 19.5. The normalized spacial score (nSPS) is 14.2. The summed E-state index contributed by atoms with van der Waals surface area (Å²) in [6.45, 7) is 9.96. The Bertz CT molecular complexity index is 942. The molecule has 0 amide bonds. The predicted octanol–water partition coefficient (Wildman–Crippen LogP) is 3.87. The van der Waals surface area contributed by atoms with Crippen molar-refractivity contribution in [1.29, 1.82) is 0 Å². The smallest absolute Gasteiger partial charge is 0.247 e. The largest absolute Gasteiger partial charge is 0.368 e. The van der Waals surface area contributed by atoms with E-state index < -0.39 is 0 Å². The van der Waals surface area contributed by atoms with Crippen LogP contribution in [-0.2, 0) is 0 Å². The zero-order valence-electron chi connectivity index (χ0n) is 16.7. The van der Waals surface area contributed by atoms with Crippen LogP contribution in [0.5, 0.6) is 0 Å². The first-order valence-corrected chi connectivity index (χ1v) is 9.70. The number of hydrogen-bond acceptors (Lipinski definition) is 6. The third-order valence-electron chi connectivity index (χ3n) is 5.21. The Morgan fingerprint density at radius 2 is 1.54 bits per heavy atom. The molecule has 2 heterocycles. The van der Waals surface area contributed by atoms with Gasteiger partial charge >= 0.3 is 0 Å². The van der Waals surface area contributed by atoms with Crippen LogP contribution in [0.1, 0.15) is 16.7 Å². The van der Waals surface area contributed by atoms with Crippen LogP contribution in [0.2, 0.25) is 0 Å². The number of anilines is 4. The van der Waals surface area contributed by atoms with Crippen molar-refractivity contribution in [3.8, 4) is 0 Å². The lowest BCUT2D eigenvalue weighted by atomic mass is 10.1. The quantitative estimate of drug-likeness (QED) is 0.748. The second-order valence-corrected chi connectivity index (χ2v) is 7.35. The SMILES string of the molecule is Cc1cccc(N2CCN(c3nncc(Nc4c(C)cccc4C)n3)CC2)c1. The van der Waals surface area contributed by atoms with Crippen LogP contribution >= 0.6 is 0 Å². The molecule has 1 saturated heterocycles. The summed E-state index contributed by atoms with van der Waals surface area (Å²) < 4.78 is 0. The molecule has 3 aromatic rings. The second kappa shape index (κ2) is 7.84. The van der Waals surface area contributed by atoms with Crippen LogP contribution in [0, 0.1) is 20.8 Å². The van der Waals surface area contributed by atoms with Gasteiger partial charge in [0.05, 0.1) is 6.20 Å². The first kappa shape index (κ1) is 18.2. The number of hydrogen-bond donors (Lipinski definition) is 1. The number of nitrogens with zero attached hydrogens (tertiary/aromatic N) is 5. The van der Waals surface area contributed by atoms with E-state index in [0.29, 0.717) is 5.95 Å². The van der Waals surface area contributed by atoms with Gasteiger partial charge in [-0.1, -0.05) is 30.3 Å². The number of nitrogens with one attached hydrogen (secondary N) is 1. The van der Waals surface area contributed by atoms with Gasteiger partial charge in [0.15, 0.2) is 5.82 Å². The van der Waals surface area contributed by atoms with Gasteiger partial charge in [-0.05, 0) is 49.6 Å². The van der Waals surface area contributed by atoms with Crippen LogP contribution in [-0.4, -0.2) is 41.4 Å². The zero-order valence-corrected chi connectivity index (χ0v) is 16.7. The molecular formula is C22H26N6. The van der Waals surface area contributed by atoms with Gasteiger partial charge in [0.1, 0.15) is 0 Å². The molecule has 1 fully saturated rings. The van der Waals surface area contributed by atoms with E-state index in [2.05, 4.69) is 88.5 Å². The molecule has 1 aliphatic rings. The lowest BCUT2D eigenvalue weighted by Crippen LogP contribution is -2.47. The van der Waals surface area contributed by atoms with Gasteiger partial charge in [-0.25, -0.2) is 0 Å². The summed E-state index contributed by atoms with van der Waals surface area (Å²) in [5, 5.41) is 11.9. The van der Waals surface area contributed by atoms with Gasteiger partial charge < -0.3 is 15.1 Å². The van der Waals surface area contributed by atoms with Crippen LogP contribution in [0.15, 0.2) is 48.7 Å². The highest BCUT2D eigenvalue weighted by molar-refractivity contribution is 5.64. The molecule has 0 atom stereocenters. The number of benzene rings is 2. The topological polar surface area (TPSA) is 57.2 Å². The minimum absolute atomic E-state index is 0.681. The van der Waals surface area contributed by atoms with Gasteiger partial charge in [-0.2, -0.15) is 10.1 Å². The van der Waals surface area contributed by atoms with Crippen LogP contribution in [0.4, 0.5) is 23.1 Å². The van der Waals surface area contributed by atoms with E-state index in [1.165, 1.54) is 22.4 Å². The first-order valence-electron chi connectivity index (χ1n) is 9.70. The van der Waals surface area contributed by atoms with Crippen LogP contribution in [0.25, 0.3) is 0 Å². The van der Waals surface area contributed by atoms with Gasteiger partial charge in [0.2, 0.25) is 5.95 Å². The van der Waals surface area contributed by atoms with E-state index in [1.807, 2.05) is 0 Å². The molecule has 144 valence electrons. The summed E-state index contributed by atoms with van der Waals surface area (Å²) in [4.78, 5) is 9.32. The van der Waals surface area contributed by atoms with E-state index in [-0.39, 0.29) is 0 Å². The molecule has 2 aromatic carbocycles. The predicted molar refractivity (Wildman–Crippen MR) is 115 cm³/mol. The molecule has 28 heavy (non-hydrogen) atoms. The monoisotopic (exact) mass is 374 g/mol. The van der Waals surface area contributed by atoms with E-state index in [1.54, 1.807) is 6.20 Å². The van der Waals surface area contributed by atoms with Crippen molar-refractivity contribution in [3.63, 3.8) is 0 Å². The Kier molecular flexibility index (Phi) is 5.10. The fourth-order valence-corrected chi connectivity index (χ4v) is 3.62. The van der Waals surface area contributed by atoms with Crippen LogP contribution in [0.3, 0.4) is 0 Å². The number of aryl methyl sites for hydroxylation is 3. The van der Waals surface area contributed by atoms with E-state index >= 15 is 0 Å². The summed E-state index contributed by atoms with van der Waals surface area (Å²) >= 11 is 0. The fourth-order valence-electron chi connectivity index (χ4n) is 3.62. The molecule has 0 spiro atoms. The summed E-state index contributed by atoms with van der Waals surface area (Å²) in [7, 11) is 0. The summed E-state index contributed by atoms with van der Waals surface area (Å²) in [6.07, 6.45) is 1.68. The fraction of sp³-hybridized carbons (Fsp3) is 0.318. The molecule has 6 heteroatoms. The lowest BCUT2D eigenvalue weighted by molar-refractivity contribution is 0.635. The van der Waals surface area contributed by atoms with E-state index in [4.69, 9.17) is 4.98 Å². The molecular weight excluding hydrogens is 348 g/mol. The maximum absolute atomic E-state index is 4.71. The number of piperazine rings is 1. The highest BCUT2D eigenvalue weighted by Gasteiger charge is 2.20. The number of rotatable bonds is 4. The van der Waals surface area contributed by atoms with Gasteiger partial charge in [0.25, 0.3) is 0 Å². The van der Waals surface area contributed by atoms with Gasteiger partial charge in [-0.15, -0.1) is 5.10 Å². The lowest BCUT2D eigenvalue weighted by Gasteiger charge is -2.36. The van der Waals surface area contributed by atoms with Crippen molar-refractivity contribution in [2.75, 3.05) is 41.3 Å². The second-order valence-electron chi connectivity index (χ2n) is 7.35. The molecule has 0 unspecified atom stereocenters. The van der Waals surface area contributed by atoms with Crippen molar-refractivity contribution in [3.05, 3.63) is 65.4 Å². The first-order chi connectivity index (χ1) is 13.6. The molecule has 0 radical (unpaired) electrons. The average molecular weight is 374 g/mol. The minimum atomic E-state index is 0.681. The molecule has 1 aliphatic heterocycles. The third-order valence-corrected chi connectivity index (χ3v) is 5.21. The Morgan fingerprint density at radius 1 is 0.857 bits per heavy atom. The van der Waals surface area contributed by atoms with E-state index in [0.717, 1.165) is 37.7 Å². The molecule has 1 aromatic heterocycles. The molecule has 0 aliphatic carbocycles. The van der Waals surface area contributed by atoms with Gasteiger partial charge in [-0.3, -0.25) is 0 Å².